The number of Topliss-reactive ketones (excluding diaryl/α,β-unsaturated/α-hetero) is 1. The third kappa shape index (κ3) is 3.24. The lowest BCUT2D eigenvalue weighted by Crippen LogP contribution is -2.63. The summed E-state index contributed by atoms with van der Waals surface area (Å²) in [5.74, 6) is 3.24. The molecule has 4 rings (SSSR count). The van der Waals surface area contributed by atoms with Crippen molar-refractivity contribution in [2.75, 3.05) is 20.7 Å². The number of aliphatic hydroxyl groups is 1. The highest BCUT2D eigenvalue weighted by molar-refractivity contribution is 5.79. The van der Waals surface area contributed by atoms with E-state index >= 15 is 0 Å². The molecule has 0 saturated heterocycles. The lowest BCUT2D eigenvalue weighted by molar-refractivity contribution is -0.189. The summed E-state index contributed by atoms with van der Waals surface area (Å²) in [5, 5.41) is 10.7. The second-order valence-corrected chi connectivity index (χ2v) is 11.6. The molecule has 0 radical (unpaired) electrons. The number of nitrogens with zero attached hydrogens (tertiary/aromatic N) is 1. The molecule has 29 heavy (non-hydrogen) atoms. The first-order chi connectivity index (χ1) is 13.6. The van der Waals surface area contributed by atoms with Gasteiger partial charge in [-0.15, -0.1) is 0 Å². The Morgan fingerprint density at radius 1 is 1.10 bits per heavy atom. The van der Waals surface area contributed by atoms with Crippen LogP contribution in [0.3, 0.4) is 0 Å². The van der Waals surface area contributed by atoms with Crippen LogP contribution in [0.4, 0.5) is 0 Å². The number of aliphatic hydroxyl groups excluding tert-OH is 1. The summed E-state index contributed by atoms with van der Waals surface area (Å²) in [6.07, 6.45) is 7.48. The van der Waals surface area contributed by atoms with Crippen molar-refractivity contribution in [1.29, 1.82) is 0 Å². The molecule has 4 heteroatoms. The minimum Gasteiger partial charge on any atom is -0.390 e. The second kappa shape index (κ2) is 7.60. The number of ketones is 1. The number of fused-ring (bicyclic) bond motifs is 5. The van der Waals surface area contributed by atoms with Crippen molar-refractivity contribution in [3.8, 4) is 0 Å². The van der Waals surface area contributed by atoms with Gasteiger partial charge >= 0.3 is 0 Å². The van der Waals surface area contributed by atoms with Crippen molar-refractivity contribution in [1.82, 2.24) is 4.90 Å². The minimum atomic E-state index is -0.315. The Morgan fingerprint density at radius 2 is 1.83 bits per heavy atom. The van der Waals surface area contributed by atoms with Gasteiger partial charge in [-0.05, 0) is 107 Å². The maximum atomic E-state index is 12.5. The maximum absolute atomic E-state index is 12.5. The molecule has 4 saturated carbocycles. The van der Waals surface area contributed by atoms with Crippen LogP contribution in [0.2, 0.25) is 0 Å². The smallest absolute Gasteiger partial charge is 0.133 e. The van der Waals surface area contributed by atoms with Crippen LogP contribution < -0.4 is 0 Å². The van der Waals surface area contributed by atoms with Gasteiger partial charge < -0.3 is 14.7 Å². The van der Waals surface area contributed by atoms with E-state index in [9.17, 15) is 9.90 Å². The molecule has 4 aliphatic carbocycles. The molecular weight excluding hydrogens is 362 g/mol. The Balaban J connectivity index is 1.71. The molecule has 4 aliphatic rings. The van der Waals surface area contributed by atoms with E-state index in [-0.39, 0.29) is 29.0 Å². The summed E-state index contributed by atoms with van der Waals surface area (Å²) in [6, 6.07) is 0.506. The van der Waals surface area contributed by atoms with Gasteiger partial charge in [-0.3, -0.25) is 4.79 Å². The van der Waals surface area contributed by atoms with E-state index in [0.29, 0.717) is 42.1 Å². The molecule has 1 N–H and O–H groups in total. The zero-order chi connectivity index (χ0) is 21.1. The predicted octanol–water partition coefficient (Wildman–Crippen LogP) is 4.15. The van der Waals surface area contributed by atoms with Gasteiger partial charge in [-0.1, -0.05) is 13.8 Å². The molecular formula is C25H43NO3. The van der Waals surface area contributed by atoms with Crippen molar-refractivity contribution >= 4 is 5.78 Å². The average molecular weight is 406 g/mol. The van der Waals surface area contributed by atoms with E-state index in [1.807, 2.05) is 13.8 Å². The first-order valence-electron chi connectivity index (χ1n) is 12.1. The van der Waals surface area contributed by atoms with Gasteiger partial charge in [0.2, 0.25) is 0 Å². The molecule has 0 heterocycles. The maximum Gasteiger partial charge on any atom is 0.133 e. The molecule has 0 aliphatic heterocycles. The molecule has 4 fully saturated rings. The first-order valence-corrected chi connectivity index (χ1v) is 12.1. The summed E-state index contributed by atoms with van der Waals surface area (Å²) in [4.78, 5) is 15.0. The van der Waals surface area contributed by atoms with Crippen molar-refractivity contribution in [3.05, 3.63) is 0 Å². The first kappa shape index (κ1) is 21.8. The van der Waals surface area contributed by atoms with Crippen molar-refractivity contribution in [2.45, 2.75) is 90.9 Å². The van der Waals surface area contributed by atoms with Crippen LogP contribution in [0.5, 0.6) is 0 Å². The number of rotatable bonds is 4. The molecule has 10 atom stereocenters. The van der Waals surface area contributed by atoms with Crippen LogP contribution in [0.25, 0.3) is 0 Å². The fourth-order valence-corrected chi connectivity index (χ4v) is 8.94. The van der Waals surface area contributed by atoms with Gasteiger partial charge in [-0.25, -0.2) is 0 Å². The third-order valence-electron chi connectivity index (χ3n) is 10.1. The Bertz CT molecular complexity index is 636. The lowest BCUT2D eigenvalue weighted by atomic mass is 9.43. The molecule has 4 nitrogen and oxygen atoms in total. The van der Waals surface area contributed by atoms with Crippen LogP contribution in [-0.2, 0) is 9.53 Å². The molecule has 0 aromatic heterocycles. The zero-order valence-electron chi connectivity index (χ0n) is 19.5. The van der Waals surface area contributed by atoms with Crippen LogP contribution in [-0.4, -0.2) is 54.7 Å². The van der Waals surface area contributed by atoms with E-state index in [4.69, 9.17) is 4.74 Å². The topological polar surface area (TPSA) is 49.8 Å². The number of hydrogen-bond acceptors (Lipinski definition) is 4. The Labute approximate surface area is 177 Å². The van der Waals surface area contributed by atoms with Gasteiger partial charge in [0.15, 0.2) is 0 Å². The third-order valence-corrected chi connectivity index (χ3v) is 10.1. The van der Waals surface area contributed by atoms with Crippen LogP contribution in [0.15, 0.2) is 0 Å². The van der Waals surface area contributed by atoms with Crippen molar-refractivity contribution in [3.63, 3.8) is 0 Å². The van der Waals surface area contributed by atoms with E-state index < -0.39 is 0 Å². The van der Waals surface area contributed by atoms with E-state index in [2.05, 4.69) is 32.8 Å². The SMILES string of the molecule is CCO[C@H]1C[C@@]2(C)[C@@H](CC[C@@H]3[C@@H]2[C@H](N(C)C)C[C@]2(C)[C@@H](C(C)=O)CC[C@@H]32)C[C@@H]1O. The molecule has 0 bridgehead atoms. The van der Waals surface area contributed by atoms with E-state index in [0.717, 1.165) is 25.7 Å². The molecule has 0 amide bonds. The van der Waals surface area contributed by atoms with Gasteiger partial charge in [0.25, 0.3) is 0 Å². The van der Waals surface area contributed by atoms with Crippen LogP contribution in [0, 0.1) is 40.4 Å². The predicted molar refractivity (Wildman–Crippen MR) is 116 cm³/mol. The molecule has 0 aromatic rings. The summed E-state index contributed by atoms with van der Waals surface area (Å²) < 4.78 is 6.03. The average Bonchev–Trinajstić information content (AvgIpc) is 2.99. The van der Waals surface area contributed by atoms with Crippen LogP contribution in [0.1, 0.15) is 72.6 Å². The molecule has 0 spiro atoms. The van der Waals surface area contributed by atoms with Gasteiger partial charge in [0.05, 0.1) is 12.2 Å². The van der Waals surface area contributed by atoms with E-state index in [1.54, 1.807) is 0 Å². The number of ether oxygens (including phenoxy) is 1. The van der Waals surface area contributed by atoms with Crippen LogP contribution >= 0.6 is 0 Å². The fourth-order valence-electron chi connectivity index (χ4n) is 8.94. The summed E-state index contributed by atoms with van der Waals surface area (Å²) in [5.41, 5.74) is 0.366. The fraction of sp³-hybridized carbons (Fsp3) is 0.960. The van der Waals surface area contributed by atoms with Crippen molar-refractivity contribution in [2.24, 2.45) is 40.4 Å². The number of carbonyl (C=O) groups excluding carboxylic acids is 1. The summed E-state index contributed by atoms with van der Waals surface area (Å²) >= 11 is 0. The Kier molecular flexibility index (Phi) is 5.71. The Morgan fingerprint density at radius 3 is 2.45 bits per heavy atom. The summed E-state index contributed by atoms with van der Waals surface area (Å²) in [6.45, 7) is 9.49. The number of carbonyl (C=O) groups is 1. The quantitative estimate of drug-likeness (QED) is 0.763. The molecule has 0 unspecified atom stereocenters. The molecule has 166 valence electrons. The number of hydrogen-bond donors (Lipinski definition) is 1. The highest BCUT2D eigenvalue weighted by Gasteiger charge is 2.64. The van der Waals surface area contributed by atoms with Gasteiger partial charge in [0.1, 0.15) is 5.78 Å². The van der Waals surface area contributed by atoms with Gasteiger partial charge in [-0.2, -0.15) is 0 Å². The zero-order valence-corrected chi connectivity index (χ0v) is 19.5. The van der Waals surface area contributed by atoms with Crippen molar-refractivity contribution < 1.29 is 14.6 Å². The van der Waals surface area contributed by atoms with Gasteiger partial charge in [0, 0.05) is 18.6 Å². The lowest BCUT2D eigenvalue weighted by Gasteiger charge is -2.65. The monoisotopic (exact) mass is 405 g/mol. The van der Waals surface area contributed by atoms with E-state index in [1.165, 1.54) is 19.3 Å². The normalized spacial score (nSPS) is 52.0. The molecule has 0 aromatic carbocycles. The Hall–Kier alpha value is -0.450. The largest absolute Gasteiger partial charge is 0.390 e. The highest BCUT2D eigenvalue weighted by Crippen LogP contribution is 2.68. The standard InChI is InChI=1S/C25H43NO3/c1-7-29-22-14-24(3)16(12-21(22)28)8-9-17-19-11-10-18(15(2)27)25(19,4)13-20(23(17)24)26(5)6/h16-23,28H,7-14H2,1-6H3/t16-,17-,18+,19-,20+,21-,22-,23+,24-,25+/m0/s1. The second-order valence-electron chi connectivity index (χ2n) is 11.6. The minimum absolute atomic E-state index is 0.0235. The summed E-state index contributed by atoms with van der Waals surface area (Å²) in [7, 11) is 4.49. The highest BCUT2D eigenvalue weighted by atomic mass is 16.5.